The van der Waals surface area contributed by atoms with Crippen molar-refractivity contribution in [1.82, 2.24) is 4.90 Å². The molecule has 0 saturated carbocycles. The van der Waals surface area contributed by atoms with Gasteiger partial charge in [-0.05, 0) is 58.0 Å². The summed E-state index contributed by atoms with van der Waals surface area (Å²) in [6, 6.07) is 0. The third-order valence-electron chi connectivity index (χ3n) is 10.5. The van der Waals surface area contributed by atoms with E-state index in [1.807, 2.05) is 0 Å². The fourth-order valence-corrected chi connectivity index (χ4v) is 7.11. The van der Waals surface area contributed by atoms with Crippen molar-refractivity contribution >= 4 is 5.97 Å². The molecule has 1 atom stereocenters. The van der Waals surface area contributed by atoms with E-state index in [-0.39, 0.29) is 12.6 Å². The molecule has 0 fully saturated rings. The van der Waals surface area contributed by atoms with Gasteiger partial charge in [0.1, 0.15) is 0 Å². The van der Waals surface area contributed by atoms with Crippen LogP contribution in [-0.4, -0.2) is 72.7 Å². The van der Waals surface area contributed by atoms with Crippen LogP contribution < -0.4 is 0 Å². The van der Waals surface area contributed by atoms with Gasteiger partial charge >= 0.3 is 5.97 Å². The average molecular weight is 726 g/mol. The fourth-order valence-electron chi connectivity index (χ4n) is 7.11. The van der Waals surface area contributed by atoms with Gasteiger partial charge in [-0.3, -0.25) is 4.79 Å². The van der Waals surface area contributed by atoms with Gasteiger partial charge in [0.15, 0.2) is 0 Å². The lowest BCUT2D eigenvalue weighted by Gasteiger charge is -2.24. The molecular formula is C45H91NO5. The number of hydrogen-bond donors (Lipinski definition) is 2. The Morgan fingerprint density at radius 2 is 0.902 bits per heavy atom. The van der Waals surface area contributed by atoms with Crippen molar-refractivity contribution in [2.75, 3.05) is 39.5 Å². The molecule has 0 radical (unpaired) electrons. The van der Waals surface area contributed by atoms with Gasteiger partial charge in [-0.1, -0.05) is 181 Å². The molecule has 1 unspecified atom stereocenters. The molecule has 0 amide bonds. The van der Waals surface area contributed by atoms with E-state index >= 15 is 0 Å². The number of aliphatic hydroxyl groups is 2. The second-order valence-electron chi connectivity index (χ2n) is 15.7. The van der Waals surface area contributed by atoms with Crippen LogP contribution >= 0.6 is 0 Å². The van der Waals surface area contributed by atoms with E-state index in [2.05, 4.69) is 25.7 Å². The first-order valence-electron chi connectivity index (χ1n) is 22.9. The van der Waals surface area contributed by atoms with Crippen LogP contribution in [-0.2, 0) is 14.3 Å². The summed E-state index contributed by atoms with van der Waals surface area (Å²) in [5, 5.41) is 19.5. The third-order valence-corrected chi connectivity index (χ3v) is 10.5. The van der Waals surface area contributed by atoms with Crippen molar-refractivity contribution in [1.29, 1.82) is 0 Å². The molecule has 0 heterocycles. The number of aliphatic hydroxyl groups excluding tert-OH is 2. The number of rotatable bonds is 43. The normalized spacial score (nSPS) is 12.4. The van der Waals surface area contributed by atoms with Gasteiger partial charge in [-0.15, -0.1) is 0 Å². The van der Waals surface area contributed by atoms with Crippen LogP contribution in [0.3, 0.4) is 0 Å². The van der Waals surface area contributed by atoms with Crippen molar-refractivity contribution in [3.05, 3.63) is 0 Å². The zero-order chi connectivity index (χ0) is 37.3. The Kier molecular flexibility index (Phi) is 41.5. The summed E-state index contributed by atoms with van der Waals surface area (Å²) < 4.78 is 11.9. The summed E-state index contributed by atoms with van der Waals surface area (Å²) in [6.07, 6.45) is 40.5. The number of ether oxygens (including phenoxy) is 2. The highest BCUT2D eigenvalue weighted by molar-refractivity contribution is 5.69. The van der Waals surface area contributed by atoms with E-state index in [0.29, 0.717) is 25.7 Å². The minimum absolute atomic E-state index is 0.0373. The van der Waals surface area contributed by atoms with Crippen LogP contribution in [0.25, 0.3) is 0 Å². The molecule has 0 bridgehead atoms. The van der Waals surface area contributed by atoms with Crippen LogP contribution in [0, 0.1) is 0 Å². The smallest absolute Gasteiger partial charge is 0.305 e. The maximum absolute atomic E-state index is 12.0. The second kappa shape index (κ2) is 42.1. The number of unbranched alkanes of at least 4 members (excludes halogenated alkanes) is 25. The Morgan fingerprint density at radius 3 is 1.37 bits per heavy atom. The van der Waals surface area contributed by atoms with E-state index in [9.17, 15) is 15.0 Å². The molecule has 6 heteroatoms. The third kappa shape index (κ3) is 38.8. The molecule has 0 rings (SSSR count). The van der Waals surface area contributed by atoms with Crippen LogP contribution in [0.4, 0.5) is 0 Å². The quantitative estimate of drug-likeness (QED) is 0.0481. The van der Waals surface area contributed by atoms with Crippen LogP contribution in [0.15, 0.2) is 0 Å². The lowest BCUT2D eigenvalue weighted by atomic mass is 10.0. The van der Waals surface area contributed by atoms with Crippen molar-refractivity contribution in [3.8, 4) is 0 Å². The van der Waals surface area contributed by atoms with Crippen molar-refractivity contribution in [2.45, 2.75) is 245 Å². The van der Waals surface area contributed by atoms with Gasteiger partial charge in [0.25, 0.3) is 0 Å². The number of esters is 1. The maximum atomic E-state index is 12.0. The molecule has 0 aliphatic heterocycles. The Morgan fingerprint density at radius 1 is 0.510 bits per heavy atom. The molecular weight excluding hydrogens is 634 g/mol. The predicted octanol–water partition coefficient (Wildman–Crippen LogP) is 12.5. The highest BCUT2D eigenvalue weighted by Gasteiger charge is 2.12. The average Bonchev–Trinajstić information content (AvgIpc) is 3.13. The first-order chi connectivity index (χ1) is 25.1. The largest absolute Gasteiger partial charge is 0.466 e. The first-order valence-corrected chi connectivity index (χ1v) is 22.9. The Balaban J connectivity index is 4.00. The Labute approximate surface area is 319 Å². The summed E-state index contributed by atoms with van der Waals surface area (Å²) in [5.41, 5.74) is 0. The fraction of sp³-hybridized carbons (Fsp3) is 0.978. The molecule has 306 valence electrons. The van der Waals surface area contributed by atoms with Gasteiger partial charge < -0.3 is 24.6 Å². The minimum Gasteiger partial charge on any atom is -0.466 e. The zero-order valence-corrected chi connectivity index (χ0v) is 34.8. The van der Waals surface area contributed by atoms with Crippen LogP contribution in [0.2, 0.25) is 0 Å². The monoisotopic (exact) mass is 726 g/mol. The van der Waals surface area contributed by atoms with Crippen molar-refractivity contribution < 1.29 is 24.5 Å². The van der Waals surface area contributed by atoms with Gasteiger partial charge in [0.2, 0.25) is 0 Å². The summed E-state index contributed by atoms with van der Waals surface area (Å²) in [6.45, 7) is 10.7. The number of nitrogens with zero attached hydrogens (tertiary/aromatic N) is 1. The first kappa shape index (κ1) is 50.3. The van der Waals surface area contributed by atoms with Gasteiger partial charge in [-0.2, -0.15) is 0 Å². The SMILES string of the molecule is CCCCCCCCCOC(=O)CCCCCCCN(CCCCCCCCOC(CCCCCCCC)CCCCCCCC)CC(O)CO. The Bertz CT molecular complexity index is 661. The van der Waals surface area contributed by atoms with Crippen molar-refractivity contribution in [3.63, 3.8) is 0 Å². The van der Waals surface area contributed by atoms with Gasteiger partial charge in [-0.25, -0.2) is 0 Å². The number of carbonyl (C=O) groups is 1. The number of hydrogen-bond acceptors (Lipinski definition) is 6. The minimum atomic E-state index is -0.664. The zero-order valence-electron chi connectivity index (χ0n) is 34.8. The highest BCUT2D eigenvalue weighted by Crippen LogP contribution is 2.18. The van der Waals surface area contributed by atoms with Crippen LogP contribution in [0.5, 0.6) is 0 Å². The molecule has 0 aliphatic carbocycles. The Hall–Kier alpha value is -0.690. The molecule has 0 aliphatic rings. The van der Waals surface area contributed by atoms with E-state index in [1.54, 1.807) is 0 Å². The summed E-state index contributed by atoms with van der Waals surface area (Å²) >= 11 is 0. The molecule has 0 spiro atoms. The molecule has 0 aromatic heterocycles. The summed E-state index contributed by atoms with van der Waals surface area (Å²) in [7, 11) is 0. The lowest BCUT2D eigenvalue weighted by Crippen LogP contribution is -2.35. The van der Waals surface area contributed by atoms with E-state index in [4.69, 9.17) is 9.47 Å². The van der Waals surface area contributed by atoms with E-state index < -0.39 is 6.10 Å². The highest BCUT2D eigenvalue weighted by atomic mass is 16.5. The molecule has 0 aromatic rings. The summed E-state index contributed by atoms with van der Waals surface area (Å²) in [4.78, 5) is 14.3. The van der Waals surface area contributed by atoms with Crippen LogP contribution in [0.1, 0.15) is 233 Å². The van der Waals surface area contributed by atoms with E-state index in [0.717, 1.165) is 64.6 Å². The van der Waals surface area contributed by atoms with Gasteiger partial charge in [0.05, 0.1) is 25.4 Å². The number of carbonyl (C=O) groups excluding carboxylic acids is 1. The molecule has 6 nitrogen and oxygen atoms in total. The van der Waals surface area contributed by atoms with Gasteiger partial charge in [0, 0.05) is 19.6 Å². The maximum Gasteiger partial charge on any atom is 0.305 e. The predicted molar refractivity (Wildman–Crippen MR) is 220 cm³/mol. The molecule has 2 N–H and O–H groups in total. The van der Waals surface area contributed by atoms with E-state index in [1.165, 1.54) is 161 Å². The van der Waals surface area contributed by atoms with Crippen molar-refractivity contribution in [2.24, 2.45) is 0 Å². The lowest BCUT2D eigenvalue weighted by molar-refractivity contribution is -0.143. The topological polar surface area (TPSA) is 79.2 Å². The molecule has 0 aromatic carbocycles. The second-order valence-corrected chi connectivity index (χ2v) is 15.7. The molecule has 0 saturated heterocycles. The summed E-state index contributed by atoms with van der Waals surface area (Å²) in [5.74, 6) is -0.0373. The standard InChI is InChI=1S/C45H91NO5/c1-4-7-10-13-17-26-33-40-51-45(49)36-29-22-19-24-31-38-46(41-43(48)42-47)37-30-23-16-18-25-32-39-50-44(34-27-20-14-11-8-5-2)35-28-21-15-12-9-6-3/h43-44,47-48H,4-42H2,1-3H3. The molecule has 51 heavy (non-hydrogen) atoms.